The SMILES string of the molecule is CCCOc1cc(C)ccc1N.Cl. The van der Waals surface area contributed by atoms with Gasteiger partial charge in [-0.05, 0) is 31.0 Å². The van der Waals surface area contributed by atoms with Crippen molar-refractivity contribution in [3.8, 4) is 5.75 Å². The quantitative estimate of drug-likeness (QED) is 0.764. The van der Waals surface area contributed by atoms with Gasteiger partial charge in [0.15, 0.2) is 0 Å². The van der Waals surface area contributed by atoms with Crippen LogP contribution in [0.3, 0.4) is 0 Å². The molecule has 1 aromatic rings. The topological polar surface area (TPSA) is 35.2 Å². The Bertz CT molecular complexity index is 263. The molecule has 0 aliphatic rings. The molecule has 0 spiro atoms. The van der Waals surface area contributed by atoms with Gasteiger partial charge < -0.3 is 10.5 Å². The second-order valence-corrected chi connectivity index (χ2v) is 2.89. The van der Waals surface area contributed by atoms with E-state index in [0.717, 1.165) is 18.8 Å². The number of nitrogen functional groups attached to an aromatic ring is 1. The number of hydrogen-bond acceptors (Lipinski definition) is 2. The molecule has 2 N–H and O–H groups in total. The van der Waals surface area contributed by atoms with Gasteiger partial charge in [0.25, 0.3) is 0 Å². The summed E-state index contributed by atoms with van der Waals surface area (Å²) in [6.07, 6.45) is 1.01. The van der Waals surface area contributed by atoms with Crippen LogP contribution in [0.2, 0.25) is 0 Å². The molecule has 74 valence electrons. The molecule has 0 radical (unpaired) electrons. The van der Waals surface area contributed by atoms with Crippen LogP contribution in [0.1, 0.15) is 18.9 Å². The monoisotopic (exact) mass is 201 g/mol. The second kappa shape index (κ2) is 5.70. The van der Waals surface area contributed by atoms with Crippen LogP contribution in [-0.4, -0.2) is 6.61 Å². The minimum absolute atomic E-state index is 0. The summed E-state index contributed by atoms with van der Waals surface area (Å²) in [7, 11) is 0. The molecule has 3 heteroatoms. The highest BCUT2D eigenvalue weighted by Crippen LogP contribution is 2.22. The Morgan fingerprint density at radius 1 is 1.38 bits per heavy atom. The number of rotatable bonds is 3. The lowest BCUT2D eigenvalue weighted by Crippen LogP contribution is -1.98. The summed E-state index contributed by atoms with van der Waals surface area (Å²) in [4.78, 5) is 0. The number of hydrogen-bond donors (Lipinski definition) is 1. The number of halogens is 1. The van der Waals surface area contributed by atoms with Crippen molar-refractivity contribution in [2.75, 3.05) is 12.3 Å². The first-order valence-electron chi connectivity index (χ1n) is 4.23. The van der Waals surface area contributed by atoms with E-state index in [1.165, 1.54) is 5.56 Å². The lowest BCUT2D eigenvalue weighted by molar-refractivity contribution is 0.319. The van der Waals surface area contributed by atoms with E-state index in [1.54, 1.807) is 0 Å². The standard InChI is InChI=1S/C10H15NO.ClH/c1-3-6-12-10-7-8(2)4-5-9(10)11;/h4-5,7H,3,6,11H2,1-2H3;1H. The molecular formula is C10H16ClNO. The molecule has 0 saturated heterocycles. The van der Waals surface area contributed by atoms with Crippen molar-refractivity contribution in [3.63, 3.8) is 0 Å². The Morgan fingerprint density at radius 3 is 2.69 bits per heavy atom. The molecule has 13 heavy (non-hydrogen) atoms. The third-order valence-electron chi connectivity index (χ3n) is 1.63. The smallest absolute Gasteiger partial charge is 0.142 e. The van der Waals surface area contributed by atoms with Crippen LogP contribution in [-0.2, 0) is 0 Å². The highest BCUT2D eigenvalue weighted by molar-refractivity contribution is 5.85. The fourth-order valence-corrected chi connectivity index (χ4v) is 0.979. The van der Waals surface area contributed by atoms with Crippen LogP contribution >= 0.6 is 12.4 Å². The largest absolute Gasteiger partial charge is 0.491 e. The Kier molecular flexibility index (Phi) is 5.31. The molecule has 0 aromatic heterocycles. The molecule has 0 unspecified atom stereocenters. The molecule has 0 atom stereocenters. The van der Waals surface area contributed by atoms with E-state index in [2.05, 4.69) is 6.92 Å². The summed E-state index contributed by atoms with van der Waals surface area (Å²) in [5, 5.41) is 0. The van der Waals surface area contributed by atoms with Crippen molar-refractivity contribution < 1.29 is 4.74 Å². The maximum Gasteiger partial charge on any atom is 0.142 e. The molecule has 0 bridgehead atoms. The van der Waals surface area contributed by atoms with Crippen LogP contribution in [0.4, 0.5) is 5.69 Å². The zero-order valence-corrected chi connectivity index (χ0v) is 8.86. The molecule has 0 aliphatic carbocycles. The summed E-state index contributed by atoms with van der Waals surface area (Å²) < 4.78 is 5.44. The van der Waals surface area contributed by atoms with E-state index in [-0.39, 0.29) is 12.4 Å². The average Bonchev–Trinajstić information content (AvgIpc) is 2.07. The van der Waals surface area contributed by atoms with Crippen molar-refractivity contribution in [3.05, 3.63) is 23.8 Å². The number of nitrogens with two attached hydrogens (primary N) is 1. The highest BCUT2D eigenvalue weighted by atomic mass is 35.5. The maximum atomic E-state index is 5.71. The van der Waals surface area contributed by atoms with Crippen LogP contribution in [0.25, 0.3) is 0 Å². The van der Waals surface area contributed by atoms with E-state index in [1.807, 2.05) is 25.1 Å². The molecule has 0 fully saturated rings. The van der Waals surface area contributed by atoms with E-state index in [0.29, 0.717) is 5.69 Å². The first kappa shape index (κ1) is 12.1. The molecule has 0 heterocycles. The van der Waals surface area contributed by atoms with E-state index in [4.69, 9.17) is 10.5 Å². The van der Waals surface area contributed by atoms with Gasteiger partial charge >= 0.3 is 0 Å². The van der Waals surface area contributed by atoms with Gasteiger partial charge in [0.05, 0.1) is 12.3 Å². The normalized spacial score (nSPS) is 9.08. The number of anilines is 1. The predicted molar refractivity (Wildman–Crippen MR) is 58.6 cm³/mol. The third kappa shape index (κ3) is 3.55. The van der Waals surface area contributed by atoms with E-state index >= 15 is 0 Å². The Balaban J connectivity index is 0.00000144. The molecular weight excluding hydrogens is 186 g/mol. The van der Waals surface area contributed by atoms with Gasteiger partial charge in [-0.15, -0.1) is 12.4 Å². The summed E-state index contributed by atoms with van der Waals surface area (Å²) in [6, 6.07) is 5.82. The van der Waals surface area contributed by atoms with Gasteiger partial charge in [-0.2, -0.15) is 0 Å². The summed E-state index contributed by atoms with van der Waals surface area (Å²) in [5.74, 6) is 0.803. The Labute approximate surface area is 85.5 Å². The molecule has 0 saturated carbocycles. The van der Waals surface area contributed by atoms with Gasteiger partial charge in [-0.3, -0.25) is 0 Å². The van der Waals surface area contributed by atoms with E-state index < -0.39 is 0 Å². The molecule has 1 rings (SSSR count). The lowest BCUT2D eigenvalue weighted by Gasteiger charge is -2.07. The fraction of sp³-hybridized carbons (Fsp3) is 0.400. The zero-order valence-electron chi connectivity index (χ0n) is 8.04. The van der Waals surface area contributed by atoms with Crippen LogP contribution in [0.15, 0.2) is 18.2 Å². The molecule has 2 nitrogen and oxygen atoms in total. The maximum absolute atomic E-state index is 5.71. The summed E-state index contributed by atoms with van der Waals surface area (Å²) >= 11 is 0. The van der Waals surface area contributed by atoms with Crippen molar-refractivity contribution in [1.82, 2.24) is 0 Å². The molecule has 0 aliphatic heterocycles. The fourth-order valence-electron chi connectivity index (χ4n) is 0.979. The number of benzene rings is 1. The van der Waals surface area contributed by atoms with Gasteiger partial charge in [-0.1, -0.05) is 13.0 Å². The lowest BCUT2D eigenvalue weighted by atomic mass is 10.2. The molecule has 0 amide bonds. The van der Waals surface area contributed by atoms with Crippen molar-refractivity contribution in [1.29, 1.82) is 0 Å². The van der Waals surface area contributed by atoms with Gasteiger partial charge in [-0.25, -0.2) is 0 Å². The minimum atomic E-state index is 0. The van der Waals surface area contributed by atoms with Crippen LogP contribution < -0.4 is 10.5 Å². The summed E-state index contributed by atoms with van der Waals surface area (Å²) in [5.41, 5.74) is 7.60. The molecule has 1 aromatic carbocycles. The first-order valence-corrected chi connectivity index (χ1v) is 4.23. The number of aryl methyl sites for hydroxylation is 1. The zero-order chi connectivity index (χ0) is 8.97. The van der Waals surface area contributed by atoms with Crippen LogP contribution in [0.5, 0.6) is 5.75 Å². The van der Waals surface area contributed by atoms with Crippen LogP contribution in [0, 0.1) is 6.92 Å². The van der Waals surface area contributed by atoms with Gasteiger partial charge in [0.2, 0.25) is 0 Å². The van der Waals surface area contributed by atoms with Gasteiger partial charge in [0, 0.05) is 0 Å². The second-order valence-electron chi connectivity index (χ2n) is 2.89. The summed E-state index contributed by atoms with van der Waals surface area (Å²) in [6.45, 7) is 4.83. The van der Waals surface area contributed by atoms with Crippen molar-refractivity contribution in [2.24, 2.45) is 0 Å². The van der Waals surface area contributed by atoms with Crippen molar-refractivity contribution in [2.45, 2.75) is 20.3 Å². The van der Waals surface area contributed by atoms with E-state index in [9.17, 15) is 0 Å². The third-order valence-corrected chi connectivity index (χ3v) is 1.63. The predicted octanol–water partition coefficient (Wildman–Crippen LogP) is 2.79. The Hall–Kier alpha value is -0.890. The minimum Gasteiger partial charge on any atom is -0.491 e. The number of ether oxygens (including phenoxy) is 1. The average molecular weight is 202 g/mol. The highest BCUT2D eigenvalue weighted by Gasteiger charge is 1.98. The Morgan fingerprint density at radius 2 is 2.08 bits per heavy atom. The van der Waals surface area contributed by atoms with Gasteiger partial charge in [0.1, 0.15) is 5.75 Å². The first-order chi connectivity index (χ1) is 5.74. The van der Waals surface area contributed by atoms with Crippen molar-refractivity contribution >= 4 is 18.1 Å².